The van der Waals surface area contributed by atoms with E-state index in [0.717, 1.165) is 68.7 Å². The average molecular weight is 581 g/mol. The number of para-hydroxylation sites is 1. The van der Waals surface area contributed by atoms with Crippen LogP contribution in [0.5, 0.6) is 5.88 Å². The number of amides is 2. The van der Waals surface area contributed by atoms with Crippen molar-refractivity contribution in [2.45, 2.75) is 44.8 Å². The van der Waals surface area contributed by atoms with Crippen molar-refractivity contribution in [2.24, 2.45) is 11.8 Å². The Bertz CT molecular complexity index is 1390. The molecule has 3 aromatic rings. The molecule has 3 aliphatic rings. The lowest BCUT2D eigenvalue weighted by atomic mass is 9.98. The van der Waals surface area contributed by atoms with Gasteiger partial charge in [0.05, 0.1) is 23.9 Å². The van der Waals surface area contributed by atoms with Crippen LogP contribution in [0, 0.1) is 30.4 Å². The van der Waals surface area contributed by atoms with Gasteiger partial charge >= 0.3 is 6.03 Å². The minimum Gasteiger partial charge on any atom is -0.476 e. The van der Waals surface area contributed by atoms with Gasteiger partial charge in [-0.05, 0) is 94.4 Å². The van der Waals surface area contributed by atoms with Crippen LogP contribution in [0.1, 0.15) is 42.9 Å². The van der Waals surface area contributed by atoms with E-state index in [1.165, 1.54) is 6.07 Å². The second-order valence-corrected chi connectivity index (χ2v) is 11.8. The lowest BCUT2D eigenvalue weighted by Gasteiger charge is -2.28. The van der Waals surface area contributed by atoms with Crippen LogP contribution in [0.15, 0.2) is 48.5 Å². The van der Waals surface area contributed by atoms with Gasteiger partial charge in [0, 0.05) is 13.1 Å². The molecule has 9 nitrogen and oxygen atoms in total. The molecule has 1 aromatic heterocycles. The molecule has 0 radical (unpaired) electrons. The molecule has 0 bridgehead atoms. The molecule has 2 atom stereocenters. The van der Waals surface area contributed by atoms with E-state index in [2.05, 4.69) is 22.6 Å². The minimum absolute atomic E-state index is 0.426. The number of halogens is 2. The number of hydrogen-bond donors (Lipinski definition) is 2. The van der Waals surface area contributed by atoms with E-state index >= 15 is 0 Å². The van der Waals surface area contributed by atoms with Crippen LogP contribution in [0.4, 0.5) is 19.4 Å². The number of ether oxygens (including phenoxy) is 1. The van der Waals surface area contributed by atoms with Crippen LogP contribution in [-0.2, 0) is 4.84 Å². The normalized spacial score (nSPS) is 21.9. The number of piperidine rings is 1. The molecule has 0 unspecified atom stereocenters. The predicted molar refractivity (Wildman–Crippen MR) is 154 cm³/mol. The van der Waals surface area contributed by atoms with Gasteiger partial charge in [0.25, 0.3) is 0 Å². The van der Waals surface area contributed by atoms with Crippen molar-refractivity contribution in [3.05, 3.63) is 71.3 Å². The van der Waals surface area contributed by atoms with E-state index in [1.807, 2.05) is 42.3 Å². The molecule has 1 aliphatic carbocycles. The summed E-state index contributed by atoms with van der Waals surface area (Å²) in [7, 11) is 2.13. The number of aromatic nitrogens is 2. The Morgan fingerprint density at radius 2 is 1.81 bits per heavy atom. The Labute approximate surface area is 244 Å². The highest BCUT2D eigenvalue weighted by Crippen LogP contribution is 2.36. The first-order valence-electron chi connectivity index (χ1n) is 14.7. The molecule has 6 rings (SSSR count). The van der Waals surface area contributed by atoms with Crippen molar-refractivity contribution in [2.75, 3.05) is 45.2 Å². The van der Waals surface area contributed by atoms with Crippen LogP contribution in [0.2, 0.25) is 0 Å². The first-order valence-corrected chi connectivity index (χ1v) is 14.7. The van der Waals surface area contributed by atoms with Crippen molar-refractivity contribution in [3.63, 3.8) is 0 Å². The average Bonchev–Trinajstić information content (AvgIpc) is 3.64. The molecule has 2 N–H and O–H groups in total. The summed E-state index contributed by atoms with van der Waals surface area (Å²) in [6.07, 6.45) is 3.77. The number of carbonyl (C=O) groups is 1. The number of hydrogen-bond acceptors (Lipinski definition) is 6. The highest BCUT2D eigenvalue weighted by atomic mass is 19.2. The molecule has 0 spiro atoms. The van der Waals surface area contributed by atoms with E-state index in [1.54, 1.807) is 4.68 Å². The second-order valence-electron chi connectivity index (χ2n) is 11.8. The van der Waals surface area contributed by atoms with Gasteiger partial charge in [0.1, 0.15) is 11.9 Å². The van der Waals surface area contributed by atoms with Crippen molar-refractivity contribution < 1.29 is 23.1 Å². The molecule has 2 amide bonds. The fourth-order valence-corrected chi connectivity index (χ4v) is 5.66. The lowest BCUT2D eigenvalue weighted by molar-refractivity contribution is -0.150. The van der Waals surface area contributed by atoms with Crippen molar-refractivity contribution in [1.82, 2.24) is 25.1 Å². The van der Waals surface area contributed by atoms with Crippen LogP contribution in [-0.4, -0.2) is 71.7 Å². The van der Waals surface area contributed by atoms with E-state index in [4.69, 9.17) is 14.7 Å². The van der Waals surface area contributed by atoms with Gasteiger partial charge in [-0.25, -0.2) is 18.3 Å². The lowest BCUT2D eigenvalue weighted by Crippen LogP contribution is -2.42. The Morgan fingerprint density at radius 1 is 1.05 bits per heavy atom. The number of hydroxylamine groups is 2. The number of likely N-dealkylation sites (tertiary alicyclic amines) is 1. The van der Waals surface area contributed by atoms with Gasteiger partial charge in [0.15, 0.2) is 11.6 Å². The van der Waals surface area contributed by atoms with Crippen LogP contribution in [0.25, 0.3) is 5.69 Å². The zero-order valence-electron chi connectivity index (χ0n) is 24.1. The van der Waals surface area contributed by atoms with Gasteiger partial charge < -0.3 is 15.0 Å². The highest BCUT2D eigenvalue weighted by Gasteiger charge is 2.39. The molecule has 3 fully saturated rings. The molecule has 1 saturated carbocycles. The summed E-state index contributed by atoms with van der Waals surface area (Å²) in [6, 6.07) is 12.3. The van der Waals surface area contributed by atoms with Gasteiger partial charge in [-0.3, -0.25) is 10.2 Å². The molecule has 2 aromatic carbocycles. The first kappa shape index (κ1) is 28.6. The third-order valence-corrected chi connectivity index (χ3v) is 8.38. The zero-order chi connectivity index (χ0) is 29.2. The SMILES string of the molecule is Cc1c(OCC2CCN(C)CC2)nn(-c2ccccc2)c1NC(=O)N[C@@H]1CN(CC2CC2)O[C@H]1c1ccc(F)c(F)c1. The van der Waals surface area contributed by atoms with Crippen LogP contribution < -0.4 is 15.4 Å². The summed E-state index contributed by atoms with van der Waals surface area (Å²) in [4.78, 5) is 21.9. The number of urea groups is 1. The number of nitrogens with one attached hydrogen (secondary N) is 2. The Hall–Kier alpha value is -3.54. The van der Waals surface area contributed by atoms with Crippen molar-refractivity contribution in [3.8, 4) is 11.6 Å². The maximum Gasteiger partial charge on any atom is 0.320 e. The standard InChI is InChI=1S/C31H38F2N6O3/c1-20-29(39(24-6-4-3-5-7-24)36-30(20)41-19-22-12-14-37(2)15-13-22)35-31(40)34-27-18-38(17-21-8-9-21)42-28(27)23-10-11-25(32)26(33)16-23/h3-7,10-11,16,21-22,27-28H,8-9,12-15,17-19H2,1-2H3,(H2,34,35,40)/t27-,28+/m1/s1. The summed E-state index contributed by atoms with van der Waals surface area (Å²) >= 11 is 0. The zero-order valence-corrected chi connectivity index (χ0v) is 24.1. The number of carbonyl (C=O) groups excluding carboxylic acids is 1. The minimum atomic E-state index is -0.949. The summed E-state index contributed by atoms with van der Waals surface area (Å²) in [5, 5.41) is 12.6. The third-order valence-electron chi connectivity index (χ3n) is 8.38. The topological polar surface area (TPSA) is 83.9 Å². The predicted octanol–water partition coefficient (Wildman–Crippen LogP) is 5.07. The number of anilines is 1. The number of rotatable bonds is 9. The van der Waals surface area contributed by atoms with Crippen molar-refractivity contribution >= 4 is 11.8 Å². The summed E-state index contributed by atoms with van der Waals surface area (Å²) in [5.74, 6) is 0.112. The maximum absolute atomic E-state index is 14.1. The third kappa shape index (κ3) is 6.58. The number of benzene rings is 2. The summed E-state index contributed by atoms with van der Waals surface area (Å²) in [5.41, 5.74) is 1.97. The van der Waals surface area contributed by atoms with Gasteiger partial charge in [-0.1, -0.05) is 24.3 Å². The quantitative estimate of drug-likeness (QED) is 0.368. The molecule has 224 valence electrons. The van der Waals surface area contributed by atoms with E-state index < -0.39 is 29.8 Å². The fraction of sp³-hybridized carbons (Fsp3) is 0.484. The van der Waals surface area contributed by atoms with E-state index in [0.29, 0.717) is 42.2 Å². The first-order chi connectivity index (χ1) is 20.3. The summed E-state index contributed by atoms with van der Waals surface area (Å²) in [6.45, 7) is 5.71. The molecule has 11 heteroatoms. The molecule has 2 saturated heterocycles. The molecular weight excluding hydrogens is 542 g/mol. The molecule has 3 heterocycles. The van der Waals surface area contributed by atoms with E-state index in [-0.39, 0.29) is 0 Å². The van der Waals surface area contributed by atoms with Crippen LogP contribution >= 0.6 is 0 Å². The molecular formula is C31H38F2N6O3. The van der Waals surface area contributed by atoms with Gasteiger partial charge in [-0.2, -0.15) is 5.06 Å². The highest BCUT2D eigenvalue weighted by molar-refractivity contribution is 5.90. The Balaban J connectivity index is 1.19. The fourth-order valence-electron chi connectivity index (χ4n) is 5.66. The van der Waals surface area contributed by atoms with E-state index in [9.17, 15) is 13.6 Å². The Kier molecular flexibility index (Phi) is 8.41. The monoisotopic (exact) mass is 580 g/mol. The van der Waals surface area contributed by atoms with Gasteiger partial charge in [-0.15, -0.1) is 5.10 Å². The van der Waals surface area contributed by atoms with Gasteiger partial charge in [0.2, 0.25) is 5.88 Å². The summed E-state index contributed by atoms with van der Waals surface area (Å²) < 4.78 is 35.7. The smallest absolute Gasteiger partial charge is 0.320 e. The molecule has 42 heavy (non-hydrogen) atoms. The van der Waals surface area contributed by atoms with Crippen molar-refractivity contribution in [1.29, 1.82) is 0 Å². The number of nitrogens with zero attached hydrogens (tertiary/aromatic N) is 4. The maximum atomic E-state index is 14.1. The van der Waals surface area contributed by atoms with Crippen LogP contribution in [0.3, 0.4) is 0 Å². The molecule has 2 aliphatic heterocycles. The second kappa shape index (κ2) is 12.4. The largest absolute Gasteiger partial charge is 0.476 e. The Morgan fingerprint density at radius 3 is 2.52 bits per heavy atom.